The summed E-state index contributed by atoms with van der Waals surface area (Å²) in [4.78, 5) is 22.5. The number of likely N-dealkylation sites (N-methyl/N-ethyl adjacent to an activating group) is 1. The number of aromatic nitrogens is 3. The van der Waals surface area contributed by atoms with E-state index in [1.807, 2.05) is 41.8 Å². The fraction of sp³-hybridized carbons (Fsp3) is 0.148. The number of nitrogens with zero attached hydrogens (tertiary/aromatic N) is 4. The Kier molecular flexibility index (Phi) is 5.89. The Bertz CT molecular complexity index is 1580. The van der Waals surface area contributed by atoms with Crippen molar-refractivity contribution in [1.29, 1.82) is 5.26 Å². The number of hydrogen-bond donors (Lipinski definition) is 1. The summed E-state index contributed by atoms with van der Waals surface area (Å²) in [7, 11) is 1.80. The zero-order chi connectivity index (χ0) is 24.5. The van der Waals surface area contributed by atoms with Crippen molar-refractivity contribution < 1.29 is 9.53 Å². The van der Waals surface area contributed by atoms with Gasteiger partial charge in [0.15, 0.2) is 0 Å². The number of imidazole rings is 1. The Hall–Kier alpha value is -4.28. The Balaban J connectivity index is 1.31. The zero-order valence-corrected chi connectivity index (χ0v) is 20.0. The molecular formula is C27H22ClN5O2. The first-order valence-corrected chi connectivity index (χ1v) is 11.5. The summed E-state index contributed by atoms with van der Waals surface area (Å²) < 4.78 is 7.76. The number of amides is 1. The second kappa shape index (κ2) is 9.16. The number of carbonyl (C=O) groups excluding carboxylic acids is 1. The molecule has 1 atom stereocenters. The van der Waals surface area contributed by atoms with Crippen molar-refractivity contribution in [2.24, 2.45) is 0 Å². The van der Waals surface area contributed by atoms with Gasteiger partial charge < -0.3 is 19.2 Å². The number of hydrogen-bond acceptors (Lipinski definition) is 4. The molecule has 0 aliphatic heterocycles. The van der Waals surface area contributed by atoms with Crippen LogP contribution in [-0.4, -0.2) is 32.4 Å². The average Bonchev–Trinajstić information content (AvgIpc) is 3.47. The number of halogens is 1. The molecule has 2 aromatic heterocycles. The molecule has 0 saturated carbocycles. The smallest absolute Gasteiger partial charge is 0.242 e. The lowest BCUT2D eigenvalue weighted by Crippen LogP contribution is -2.32. The molecule has 5 rings (SSSR count). The Morgan fingerprint density at radius 3 is 2.69 bits per heavy atom. The van der Waals surface area contributed by atoms with Crippen LogP contribution in [0, 0.1) is 11.3 Å². The van der Waals surface area contributed by atoms with Crippen LogP contribution in [0.25, 0.3) is 21.9 Å². The van der Waals surface area contributed by atoms with Crippen molar-refractivity contribution in [3.05, 3.63) is 89.3 Å². The zero-order valence-electron chi connectivity index (χ0n) is 19.2. The van der Waals surface area contributed by atoms with Crippen molar-refractivity contribution in [1.82, 2.24) is 19.4 Å². The molecule has 0 unspecified atom stereocenters. The van der Waals surface area contributed by atoms with Crippen LogP contribution in [0.1, 0.15) is 24.2 Å². The van der Waals surface area contributed by atoms with Crippen LogP contribution in [0.5, 0.6) is 11.5 Å². The highest BCUT2D eigenvalue weighted by atomic mass is 35.5. The van der Waals surface area contributed by atoms with Gasteiger partial charge in [-0.1, -0.05) is 11.6 Å². The molecule has 0 bridgehead atoms. The van der Waals surface area contributed by atoms with Gasteiger partial charge in [-0.05, 0) is 73.0 Å². The Morgan fingerprint density at radius 2 is 1.91 bits per heavy atom. The lowest BCUT2D eigenvalue weighted by molar-refractivity contribution is -0.132. The molecule has 0 saturated heterocycles. The first-order chi connectivity index (χ1) is 16.9. The van der Waals surface area contributed by atoms with Crippen molar-refractivity contribution in [3.63, 3.8) is 0 Å². The third-order valence-electron chi connectivity index (χ3n) is 6.15. The maximum Gasteiger partial charge on any atom is 0.242 e. The van der Waals surface area contributed by atoms with E-state index in [1.54, 1.807) is 54.7 Å². The summed E-state index contributed by atoms with van der Waals surface area (Å²) in [6.07, 6.45) is 1.66. The van der Waals surface area contributed by atoms with E-state index in [0.29, 0.717) is 22.1 Å². The maximum absolute atomic E-state index is 13.1. The highest BCUT2D eigenvalue weighted by molar-refractivity contribution is 6.31. The minimum Gasteiger partial charge on any atom is -0.457 e. The minimum atomic E-state index is -0.165. The SMILES string of the molecule is C[C@@H](c1cc2ccc(Oc3ccc(C#N)cc3)cc2[nH]1)N(C)C(=O)Cn1cnc2cc(Cl)ccc21. The molecule has 0 aliphatic rings. The number of carbonyl (C=O) groups is 1. The molecule has 1 amide bonds. The van der Waals surface area contributed by atoms with Gasteiger partial charge in [-0.3, -0.25) is 4.79 Å². The van der Waals surface area contributed by atoms with Gasteiger partial charge >= 0.3 is 0 Å². The van der Waals surface area contributed by atoms with E-state index in [4.69, 9.17) is 21.6 Å². The normalized spacial score (nSPS) is 11.9. The largest absolute Gasteiger partial charge is 0.457 e. The number of H-pyrrole nitrogens is 1. The van der Waals surface area contributed by atoms with Crippen LogP contribution >= 0.6 is 11.6 Å². The highest BCUT2D eigenvalue weighted by Crippen LogP contribution is 2.29. The molecule has 174 valence electrons. The van der Waals surface area contributed by atoms with Gasteiger partial charge in [0.25, 0.3) is 0 Å². The molecule has 35 heavy (non-hydrogen) atoms. The van der Waals surface area contributed by atoms with Crippen LogP contribution in [0.2, 0.25) is 5.02 Å². The summed E-state index contributed by atoms with van der Waals surface area (Å²) in [6.45, 7) is 2.17. The summed E-state index contributed by atoms with van der Waals surface area (Å²) in [5.74, 6) is 1.30. The van der Waals surface area contributed by atoms with Crippen LogP contribution in [0.15, 0.2) is 73.1 Å². The van der Waals surface area contributed by atoms with Crippen LogP contribution in [0.3, 0.4) is 0 Å². The summed E-state index contributed by atoms with van der Waals surface area (Å²) in [5, 5.41) is 10.6. The van der Waals surface area contributed by atoms with Crippen LogP contribution in [-0.2, 0) is 11.3 Å². The average molecular weight is 484 g/mol. The lowest BCUT2D eigenvalue weighted by Gasteiger charge is -2.24. The van der Waals surface area contributed by atoms with Crippen molar-refractivity contribution in [2.75, 3.05) is 7.05 Å². The standard InChI is InChI=1S/C27H22ClN5O2/c1-17(32(2)27(34)15-33-16-30-25-12-20(28)6-10-26(25)33)23-11-19-5-9-22(13-24(19)31-23)35-21-7-3-18(14-29)4-8-21/h3-13,16-17,31H,15H2,1-2H3/t17-/m0/s1. The predicted molar refractivity (Wildman–Crippen MR) is 135 cm³/mol. The summed E-state index contributed by atoms with van der Waals surface area (Å²) in [5.41, 5.74) is 4.05. The molecule has 0 spiro atoms. The molecule has 7 nitrogen and oxygen atoms in total. The number of nitrogens with one attached hydrogen (secondary N) is 1. The summed E-state index contributed by atoms with van der Waals surface area (Å²) in [6, 6.07) is 22.2. The van der Waals surface area contributed by atoms with Crippen LogP contribution in [0.4, 0.5) is 0 Å². The number of rotatable bonds is 6. The second-order valence-electron chi connectivity index (χ2n) is 8.40. The first kappa shape index (κ1) is 22.5. The molecule has 2 heterocycles. The van der Waals surface area contributed by atoms with Gasteiger partial charge in [0.1, 0.15) is 18.0 Å². The Labute approximate surface area is 207 Å². The molecule has 0 radical (unpaired) electrons. The van der Waals surface area contributed by atoms with E-state index in [0.717, 1.165) is 27.6 Å². The fourth-order valence-electron chi connectivity index (χ4n) is 4.00. The van der Waals surface area contributed by atoms with Gasteiger partial charge in [0, 0.05) is 29.3 Å². The number of benzene rings is 3. The van der Waals surface area contributed by atoms with E-state index in [1.165, 1.54) is 0 Å². The van der Waals surface area contributed by atoms with Gasteiger partial charge in [-0.25, -0.2) is 4.98 Å². The van der Waals surface area contributed by atoms with Gasteiger partial charge in [0.2, 0.25) is 5.91 Å². The quantitative estimate of drug-likeness (QED) is 0.318. The molecule has 3 aromatic carbocycles. The number of ether oxygens (including phenoxy) is 1. The predicted octanol–water partition coefficient (Wildman–Crippen LogP) is 6.05. The fourth-order valence-corrected chi connectivity index (χ4v) is 4.16. The number of fused-ring (bicyclic) bond motifs is 2. The number of aromatic amines is 1. The van der Waals surface area contributed by atoms with Crippen molar-refractivity contribution in [3.8, 4) is 17.6 Å². The van der Waals surface area contributed by atoms with E-state index in [9.17, 15) is 4.79 Å². The third-order valence-corrected chi connectivity index (χ3v) is 6.38. The number of nitriles is 1. The van der Waals surface area contributed by atoms with Gasteiger partial charge in [-0.2, -0.15) is 5.26 Å². The Morgan fingerprint density at radius 1 is 1.14 bits per heavy atom. The van der Waals surface area contributed by atoms with Crippen molar-refractivity contribution in [2.45, 2.75) is 19.5 Å². The van der Waals surface area contributed by atoms with Gasteiger partial charge in [-0.15, -0.1) is 0 Å². The lowest BCUT2D eigenvalue weighted by atomic mass is 10.2. The van der Waals surface area contributed by atoms with Crippen LogP contribution < -0.4 is 4.74 Å². The van der Waals surface area contributed by atoms with Gasteiger partial charge in [0.05, 0.1) is 35.0 Å². The molecule has 5 aromatic rings. The van der Waals surface area contributed by atoms with E-state index in [-0.39, 0.29) is 18.5 Å². The van der Waals surface area contributed by atoms with E-state index < -0.39 is 0 Å². The molecular weight excluding hydrogens is 462 g/mol. The summed E-state index contributed by atoms with van der Waals surface area (Å²) >= 11 is 6.04. The molecule has 0 aliphatic carbocycles. The first-order valence-electron chi connectivity index (χ1n) is 11.1. The molecule has 1 N–H and O–H groups in total. The van der Waals surface area contributed by atoms with Crippen molar-refractivity contribution >= 4 is 39.4 Å². The highest BCUT2D eigenvalue weighted by Gasteiger charge is 2.20. The third kappa shape index (κ3) is 4.57. The minimum absolute atomic E-state index is 0.0322. The molecule has 8 heteroatoms. The topological polar surface area (TPSA) is 86.9 Å². The van der Waals surface area contributed by atoms with E-state index >= 15 is 0 Å². The maximum atomic E-state index is 13.1. The monoisotopic (exact) mass is 483 g/mol. The van der Waals surface area contributed by atoms with E-state index in [2.05, 4.69) is 16.0 Å². The second-order valence-corrected chi connectivity index (χ2v) is 8.83. The molecule has 0 fully saturated rings.